The first-order chi connectivity index (χ1) is 27.4. The van der Waals surface area contributed by atoms with Crippen molar-refractivity contribution in [1.29, 1.82) is 0 Å². The van der Waals surface area contributed by atoms with Crippen molar-refractivity contribution >= 4 is 31.3 Å². The van der Waals surface area contributed by atoms with Gasteiger partial charge in [0.05, 0.1) is 21.6 Å². The zero-order valence-electron chi connectivity index (χ0n) is 33.3. The van der Waals surface area contributed by atoms with E-state index in [2.05, 4.69) is 9.98 Å². The smallest absolute Gasteiger partial charge is 0.386 e. The van der Waals surface area contributed by atoms with Gasteiger partial charge in [-0.2, -0.15) is 26.3 Å². The number of nitrogens with zero attached hydrogens (tertiary/aromatic N) is 2. The molecule has 4 aromatic rings. The summed E-state index contributed by atoms with van der Waals surface area (Å²) in [6.07, 6.45) is -9.70. The average Bonchev–Trinajstić information content (AvgIpc) is 3.14. The molecular weight excluding hydrogens is 841 g/mol. The van der Waals surface area contributed by atoms with Gasteiger partial charge in [0.2, 0.25) is 0 Å². The molecule has 0 aromatic heterocycles. The van der Waals surface area contributed by atoms with Gasteiger partial charge in [-0.3, -0.25) is 9.98 Å². The van der Waals surface area contributed by atoms with Gasteiger partial charge in [-0.1, -0.05) is 72.8 Å². The molecule has 4 aromatic carbocycles. The molecule has 8 nitrogen and oxygen atoms in total. The van der Waals surface area contributed by atoms with E-state index in [1.807, 2.05) is 0 Å². The first-order valence-corrected chi connectivity index (χ1v) is 21.5. The molecule has 0 saturated carbocycles. The van der Waals surface area contributed by atoms with E-state index in [1.54, 1.807) is 12.1 Å². The van der Waals surface area contributed by atoms with E-state index in [4.69, 9.17) is 11.5 Å². The van der Waals surface area contributed by atoms with E-state index in [9.17, 15) is 52.0 Å². The second kappa shape index (κ2) is 15.6. The van der Waals surface area contributed by atoms with Crippen molar-refractivity contribution in [1.82, 2.24) is 0 Å². The highest BCUT2D eigenvalue weighted by Gasteiger charge is 2.58. The average molecular weight is 885 g/mol. The van der Waals surface area contributed by atoms with Gasteiger partial charge in [0.1, 0.15) is 43.9 Å². The quantitative estimate of drug-likeness (QED) is 0.186. The fourth-order valence-corrected chi connectivity index (χ4v) is 12.0. The molecule has 0 saturated heterocycles. The molecule has 0 spiro atoms. The lowest BCUT2D eigenvalue weighted by Crippen LogP contribution is -2.60. The standard InChI is InChI=1S/2C21H22F4N2O2S/c2*1-19(2)18(26)27-20(3,15-9-4-5-10-16(15)22)17(30(19,28)29)12-13-7-6-8-14(11-13)21(23,24)25/h2*4-11,17H,12H2,1-3H3,(H2,26,27)/t17-,20+;17-,20-/m01/s1. The zero-order valence-corrected chi connectivity index (χ0v) is 35.0. The van der Waals surface area contributed by atoms with Crippen molar-refractivity contribution in [2.45, 2.75) is 97.8 Å². The van der Waals surface area contributed by atoms with Crippen LogP contribution in [-0.2, 0) is 55.9 Å². The second-order valence-corrected chi connectivity index (χ2v) is 21.5. The lowest BCUT2D eigenvalue weighted by Gasteiger charge is -2.44. The number of amidine groups is 2. The summed E-state index contributed by atoms with van der Waals surface area (Å²) in [6.45, 7) is 8.46. The minimum absolute atomic E-state index is 0.0176. The minimum Gasteiger partial charge on any atom is -0.386 e. The predicted molar refractivity (Wildman–Crippen MR) is 215 cm³/mol. The maximum Gasteiger partial charge on any atom is 0.416 e. The fraction of sp³-hybridized carbons (Fsp3) is 0.381. The van der Waals surface area contributed by atoms with E-state index < -0.39 is 85.9 Å². The van der Waals surface area contributed by atoms with Gasteiger partial charge < -0.3 is 11.5 Å². The van der Waals surface area contributed by atoms with Crippen molar-refractivity contribution in [2.24, 2.45) is 21.5 Å². The molecule has 2 heterocycles. The van der Waals surface area contributed by atoms with E-state index in [-0.39, 0.29) is 46.8 Å². The van der Waals surface area contributed by atoms with Gasteiger partial charge in [0.15, 0.2) is 19.7 Å². The Hall–Kier alpha value is -4.84. The molecular formula is C42H44F8N4O4S2. The largest absolute Gasteiger partial charge is 0.416 e. The van der Waals surface area contributed by atoms with Crippen LogP contribution in [0.25, 0.3) is 0 Å². The van der Waals surface area contributed by atoms with E-state index in [1.165, 1.54) is 102 Å². The van der Waals surface area contributed by atoms with Crippen LogP contribution in [0.4, 0.5) is 35.1 Å². The number of benzene rings is 4. The van der Waals surface area contributed by atoms with Crippen LogP contribution in [-0.4, -0.2) is 48.5 Å². The first-order valence-electron chi connectivity index (χ1n) is 18.4. The van der Waals surface area contributed by atoms with Gasteiger partial charge in [-0.15, -0.1) is 0 Å². The minimum atomic E-state index is -4.57. The summed E-state index contributed by atoms with van der Waals surface area (Å²) < 4.78 is 159. The number of sulfone groups is 2. The predicted octanol–water partition coefficient (Wildman–Crippen LogP) is 8.47. The van der Waals surface area contributed by atoms with E-state index in [0.717, 1.165) is 24.3 Å². The maximum absolute atomic E-state index is 14.7. The number of hydrogen-bond acceptors (Lipinski definition) is 8. The van der Waals surface area contributed by atoms with Crippen LogP contribution in [0.3, 0.4) is 0 Å². The molecule has 18 heteroatoms. The Bertz CT molecular complexity index is 2400. The summed E-state index contributed by atoms with van der Waals surface area (Å²) in [5, 5.41) is -2.65. The molecule has 324 valence electrons. The van der Waals surface area contributed by atoms with Crippen molar-refractivity contribution in [3.63, 3.8) is 0 Å². The van der Waals surface area contributed by atoms with E-state index in [0.29, 0.717) is 0 Å². The number of nitrogens with two attached hydrogens (primary N) is 2. The van der Waals surface area contributed by atoms with Gasteiger partial charge in [-0.05, 0) is 89.8 Å². The highest BCUT2D eigenvalue weighted by Crippen LogP contribution is 2.46. The normalized spacial score (nSPS) is 25.6. The molecule has 60 heavy (non-hydrogen) atoms. The molecule has 0 amide bonds. The topological polar surface area (TPSA) is 145 Å². The lowest BCUT2D eigenvalue weighted by molar-refractivity contribution is -0.138. The Morgan fingerprint density at radius 2 is 0.850 bits per heavy atom. The van der Waals surface area contributed by atoms with Gasteiger partial charge >= 0.3 is 12.4 Å². The summed E-state index contributed by atoms with van der Waals surface area (Å²) in [5.74, 6) is -1.68. The van der Waals surface area contributed by atoms with Gasteiger partial charge in [-0.25, -0.2) is 25.6 Å². The highest BCUT2D eigenvalue weighted by atomic mass is 32.2. The molecule has 2 aliphatic heterocycles. The van der Waals surface area contributed by atoms with Gasteiger partial charge in [0, 0.05) is 11.1 Å². The SMILES string of the molecule is CC1(C)C(N)=N[C@](C)(c2ccccc2F)[C@@H](Cc2cccc(C(F)(F)F)c2)S1(=O)=O.CC1(C)C(N)=N[C@](C)(c2ccccc2F)[C@H](Cc2cccc(C(F)(F)F)c2)S1(=O)=O. The van der Waals surface area contributed by atoms with Crippen LogP contribution in [0.15, 0.2) is 107 Å². The highest BCUT2D eigenvalue weighted by molar-refractivity contribution is 7.94. The summed E-state index contributed by atoms with van der Waals surface area (Å²) in [7, 11) is -8.15. The van der Waals surface area contributed by atoms with Gasteiger partial charge in [0.25, 0.3) is 0 Å². The summed E-state index contributed by atoms with van der Waals surface area (Å²) in [5.41, 5.74) is 7.33. The third kappa shape index (κ3) is 8.16. The molecule has 0 unspecified atom stereocenters. The van der Waals surface area contributed by atoms with Crippen LogP contribution in [0.1, 0.15) is 74.9 Å². The van der Waals surface area contributed by atoms with E-state index >= 15 is 0 Å². The molecule has 4 N–H and O–H groups in total. The van der Waals surface area contributed by atoms with Crippen LogP contribution < -0.4 is 11.5 Å². The fourth-order valence-electron chi connectivity index (χ4n) is 7.53. The Balaban J connectivity index is 0.000000228. The molecule has 0 radical (unpaired) electrons. The lowest BCUT2D eigenvalue weighted by atomic mass is 9.84. The van der Waals surface area contributed by atoms with Crippen molar-refractivity contribution < 1.29 is 52.0 Å². The Kier molecular flexibility index (Phi) is 12.0. The molecule has 2 aliphatic rings. The summed E-state index contributed by atoms with van der Waals surface area (Å²) in [6, 6.07) is 20.1. The second-order valence-electron chi connectivity index (χ2n) is 16.1. The van der Waals surface area contributed by atoms with Crippen molar-refractivity contribution in [3.8, 4) is 0 Å². The summed E-state index contributed by atoms with van der Waals surface area (Å²) >= 11 is 0. The number of alkyl halides is 6. The van der Waals surface area contributed by atoms with Crippen LogP contribution in [0, 0.1) is 11.6 Å². The third-order valence-electron chi connectivity index (χ3n) is 11.6. The Morgan fingerprint density at radius 1 is 0.533 bits per heavy atom. The zero-order chi connectivity index (χ0) is 45.1. The molecule has 6 rings (SSSR count). The Labute approximate surface area is 343 Å². The molecule has 0 aliphatic carbocycles. The third-order valence-corrected chi connectivity index (χ3v) is 17.6. The van der Waals surface area contributed by atoms with Crippen molar-refractivity contribution in [3.05, 3.63) is 142 Å². The van der Waals surface area contributed by atoms with Crippen LogP contribution >= 0.6 is 0 Å². The number of aliphatic imine (C=N–C) groups is 2. The monoisotopic (exact) mass is 884 g/mol. The number of rotatable bonds is 6. The van der Waals surface area contributed by atoms with Crippen LogP contribution in [0.5, 0.6) is 0 Å². The van der Waals surface area contributed by atoms with Crippen LogP contribution in [0.2, 0.25) is 0 Å². The molecule has 4 atom stereocenters. The maximum atomic E-state index is 14.7. The number of halogens is 8. The Morgan fingerprint density at radius 3 is 1.15 bits per heavy atom. The number of hydrogen-bond donors (Lipinski definition) is 2. The molecule has 0 fully saturated rings. The summed E-state index contributed by atoms with van der Waals surface area (Å²) in [4.78, 5) is 8.79. The first kappa shape index (κ1) is 46.2. The van der Waals surface area contributed by atoms with Crippen molar-refractivity contribution in [2.75, 3.05) is 0 Å². The molecule has 0 bridgehead atoms.